The van der Waals surface area contributed by atoms with Crippen molar-refractivity contribution in [3.8, 4) is 0 Å². The van der Waals surface area contributed by atoms with Crippen molar-refractivity contribution in [3.63, 3.8) is 0 Å². The quantitative estimate of drug-likeness (QED) is 0.177. The lowest BCUT2D eigenvalue weighted by Gasteiger charge is -2.46. The summed E-state index contributed by atoms with van der Waals surface area (Å²) in [6, 6.07) is 0. The fourth-order valence-corrected chi connectivity index (χ4v) is 3.44. The normalized spacial score (nSPS) is 38.0. The van der Waals surface area contributed by atoms with Crippen molar-refractivity contribution in [2.75, 3.05) is 13.7 Å². The first kappa shape index (κ1) is 24.9. The summed E-state index contributed by atoms with van der Waals surface area (Å²) in [5, 5.41) is 68.7. The molecule has 0 amide bonds. The lowest BCUT2D eigenvalue weighted by atomic mass is 9.75. The average Bonchev–Trinajstić information content (AvgIpc) is 2.70. The van der Waals surface area contributed by atoms with E-state index in [0.717, 1.165) is 13.4 Å². The molecule has 0 spiro atoms. The lowest BCUT2D eigenvalue weighted by Crippen LogP contribution is -2.63. The molecule has 14 nitrogen and oxygen atoms in total. The molecular formula is C17H24O14. The number of hydrogen-bond donors (Lipinski definition) is 7. The van der Waals surface area contributed by atoms with Crippen molar-refractivity contribution in [1.82, 2.24) is 0 Å². The van der Waals surface area contributed by atoms with E-state index in [-0.39, 0.29) is 0 Å². The van der Waals surface area contributed by atoms with Gasteiger partial charge in [0.05, 0.1) is 38.4 Å². The van der Waals surface area contributed by atoms with Gasteiger partial charge in [0.2, 0.25) is 6.29 Å². The number of ether oxygens (including phenoxy) is 4. The zero-order chi connectivity index (χ0) is 23.5. The monoisotopic (exact) mass is 452 g/mol. The second-order valence-corrected chi connectivity index (χ2v) is 7.08. The van der Waals surface area contributed by atoms with Crippen molar-refractivity contribution < 1.29 is 69.1 Å². The summed E-state index contributed by atoms with van der Waals surface area (Å²) in [6.45, 7) is -0.788. The van der Waals surface area contributed by atoms with E-state index in [9.17, 15) is 50.1 Å². The van der Waals surface area contributed by atoms with Crippen LogP contribution in [0.3, 0.4) is 0 Å². The second kappa shape index (κ2) is 9.86. The van der Waals surface area contributed by atoms with Gasteiger partial charge in [0, 0.05) is 5.92 Å². The number of methoxy groups -OCH3 is 1. The van der Waals surface area contributed by atoms with E-state index in [1.165, 1.54) is 0 Å². The van der Waals surface area contributed by atoms with Gasteiger partial charge in [-0.15, -0.1) is 0 Å². The molecule has 0 aliphatic carbocycles. The summed E-state index contributed by atoms with van der Waals surface area (Å²) < 4.78 is 20.1. The van der Waals surface area contributed by atoms with Crippen LogP contribution in [0.15, 0.2) is 11.8 Å². The van der Waals surface area contributed by atoms with Crippen LogP contribution in [0.5, 0.6) is 0 Å². The van der Waals surface area contributed by atoms with Gasteiger partial charge in [-0.2, -0.15) is 0 Å². The van der Waals surface area contributed by atoms with E-state index < -0.39 is 91.4 Å². The summed E-state index contributed by atoms with van der Waals surface area (Å²) in [6.07, 6.45) is -12.0. The van der Waals surface area contributed by atoms with Gasteiger partial charge in [0.1, 0.15) is 30.0 Å². The Balaban J connectivity index is 2.42. The van der Waals surface area contributed by atoms with Crippen LogP contribution in [-0.2, 0) is 33.3 Å². The number of aliphatic hydroxyl groups excluding tert-OH is 4. The summed E-state index contributed by atoms with van der Waals surface area (Å²) in [7, 11) is 0.980. The van der Waals surface area contributed by atoms with Crippen LogP contribution < -0.4 is 0 Å². The van der Waals surface area contributed by atoms with Gasteiger partial charge in [0.15, 0.2) is 6.29 Å². The highest BCUT2D eigenvalue weighted by Gasteiger charge is 2.56. The molecule has 1 fully saturated rings. The molecule has 8 atom stereocenters. The van der Waals surface area contributed by atoms with Crippen LogP contribution in [0.25, 0.3) is 0 Å². The maximum atomic E-state index is 12.0. The Kier molecular flexibility index (Phi) is 7.93. The molecule has 0 aromatic carbocycles. The van der Waals surface area contributed by atoms with Crippen LogP contribution in [0.4, 0.5) is 0 Å². The first-order chi connectivity index (χ1) is 14.5. The van der Waals surface area contributed by atoms with Gasteiger partial charge in [0.25, 0.3) is 0 Å². The fraction of sp³-hybridized carbons (Fsp3) is 0.706. The molecule has 0 unspecified atom stereocenters. The van der Waals surface area contributed by atoms with Gasteiger partial charge in [-0.1, -0.05) is 0 Å². The minimum absolute atomic E-state index is 0.470. The number of rotatable bonds is 8. The second-order valence-electron chi connectivity index (χ2n) is 7.08. The summed E-state index contributed by atoms with van der Waals surface area (Å²) in [5.41, 5.74) is -3.14. The number of aliphatic carboxylic acids is 2. The number of esters is 1. The zero-order valence-corrected chi connectivity index (χ0v) is 16.2. The molecule has 2 heterocycles. The maximum Gasteiger partial charge on any atom is 0.337 e. The van der Waals surface area contributed by atoms with E-state index >= 15 is 0 Å². The Labute approximate surface area is 174 Å². The Hall–Kier alpha value is -2.33. The molecule has 7 N–H and O–H groups in total. The molecule has 2 aliphatic rings. The third-order valence-electron chi connectivity index (χ3n) is 5.05. The molecule has 0 aromatic rings. The molecule has 0 radical (unpaired) electrons. The van der Waals surface area contributed by atoms with E-state index in [2.05, 4.69) is 4.74 Å². The number of carbonyl (C=O) groups is 3. The van der Waals surface area contributed by atoms with E-state index in [0.29, 0.717) is 0 Å². The van der Waals surface area contributed by atoms with E-state index in [1.54, 1.807) is 0 Å². The number of carboxylic acids is 2. The van der Waals surface area contributed by atoms with Crippen molar-refractivity contribution >= 4 is 17.9 Å². The lowest BCUT2D eigenvalue weighted by molar-refractivity contribution is -0.359. The standard InChI is InChI=1S/C17H24O14/c1-28-14(26)6-5-29-16(17(27,3-10(21)22)7(6)2-9(19)20)31-15-13(25)12(24)11(23)8(4-18)30-15/h5,7-8,11-13,15-16,18,23-25,27H,2-4H2,1H3,(H,19,20)(H,21,22)/t7-,8-,11-,12+,13-,15+,16-,17+/m0/s1. The van der Waals surface area contributed by atoms with Gasteiger partial charge in [-0.05, 0) is 0 Å². The smallest absolute Gasteiger partial charge is 0.337 e. The van der Waals surface area contributed by atoms with E-state index in [1.807, 2.05) is 0 Å². The van der Waals surface area contributed by atoms with Gasteiger partial charge < -0.3 is 54.7 Å². The molecule has 2 aliphatic heterocycles. The average molecular weight is 452 g/mol. The predicted octanol–water partition coefficient (Wildman–Crippen LogP) is -3.49. The number of carbonyl (C=O) groups excluding carboxylic acids is 1. The Morgan fingerprint density at radius 3 is 2.26 bits per heavy atom. The first-order valence-electron chi connectivity index (χ1n) is 9.02. The highest BCUT2D eigenvalue weighted by Crippen LogP contribution is 2.41. The topological polar surface area (TPSA) is 230 Å². The number of hydrogen-bond acceptors (Lipinski definition) is 12. The minimum Gasteiger partial charge on any atom is -0.481 e. The Morgan fingerprint density at radius 2 is 1.74 bits per heavy atom. The highest BCUT2D eigenvalue weighted by molar-refractivity contribution is 5.90. The largest absolute Gasteiger partial charge is 0.481 e. The molecule has 2 rings (SSSR count). The molecule has 0 aromatic heterocycles. The van der Waals surface area contributed by atoms with Crippen molar-refractivity contribution in [2.45, 2.75) is 55.4 Å². The SMILES string of the molecule is COC(=O)C1=CO[C@@H](O[C@H]2O[C@@H](CO)[C@H](O)[C@@H](O)[C@@H]2O)[C@@](O)(CC(=O)O)[C@H]1CC(=O)O. The van der Waals surface area contributed by atoms with Gasteiger partial charge in [-0.25, -0.2) is 4.79 Å². The molecule has 0 saturated carbocycles. The Morgan fingerprint density at radius 1 is 1.10 bits per heavy atom. The summed E-state index contributed by atoms with van der Waals surface area (Å²) in [5.74, 6) is -5.84. The summed E-state index contributed by atoms with van der Waals surface area (Å²) in [4.78, 5) is 34.8. The van der Waals surface area contributed by atoms with Crippen molar-refractivity contribution in [3.05, 3.63) is 11.8 Å². The highest BCUT2D eigenvalue weighted by atomic mass is 16.8. The van der Waals surface area contributed by atoms with E-state index in [4.69, 9.17) is 14.2 Å². The third-order valence-corrected chi connectivity index (χ3v) is 5.05. The molecule has 1 saturated heterocycles. The van der Waals surface area contributed by atoms with Crippen LogP contribution in [0.2, 0.25) is 0 Å². The van der Waals surface area contributed by atoms with Gasteiger partial charge in [-0.3, -0.25) is 9.59 Å². The summed E-state index contributed by atoms with van der Waals surface area (Å²) >= 11 is 0. The molecular weight excluding hydrogens is 428 g/mol. The van der Waals surface area contributed by atoms with Crippen LogP contribution >= 0.6 is 0 Å². The third kappa shape index (κ3) is 5.12. The van der Waals surface area contributed by atoms with Crippen molar-refractivity contribution in [1.29, 1.82) is 0 Å². The van der Waals surface area contributed by atoms with Gasteiger partial charge >= 0.3 is 17.9 Å². The first-order valence-corrected chi connectivity index (χ1v) is 9.02. The molecule has 14 heteroatoms. The number of carboxylic acid groups (broad SMARTS) is 2. The Bertz CT molecular complexity index is 720. The maximum absolute atomic E-state index is 12.0. The minimum atomic E-state index is -2.67. The number of aliphatic hydroxyl groups is 5. The molecule has 31 heavy (non-hydrogen) atoms. The predicted molar refractivity (Wildman–Crippen MR) is 92.8 cm³/mol. The van der Waals surface area contributed by atoms with Crippen LogP contribution in [-0.4, -0.2) is 110 Å². The van der Waals surface area contributed by atoms with Crippen LogP contribution in [0.1, 0.15) is 12.8 Å². The molecule has 176 valence electrons. The van der Waals surface area contributed by atoms with Crippen LogP contribution in [0, 0.1) is 5.92 Å². The van der Waals surface area contributed by atoms with Crippen molar-refractivity contribution in [2.24, 2.45) is 5.92 Å². The zero-order valence-electron chi connectivity index (χ0n) is 16.2. The fourth-order valence-electron chi connectivity index (χ4n) is 3.44. The molecule has 0 bridgehead atoms.